The summed E-state index contributed by atoms with van der Waals surface area (Å²) in [6, 6.07) is 4.27. The molecular weight excluding hydrogens is 254 g/mol. The van der Waals surface area contributed by atoms with Gasteiger partial charge in [0.15, 0.2) is 0 Å². The molecule has 3 nitrogen and oxygen atoms in total. The highest BCUT2D eigenvalue weighted by atomic mass is 32.1. The zero-order valence-electron chi connectivity index (χ0n) is 11.4. The summed E-state index contributed by atoms with van der Waals surface area (Å²) >= 11 is 1.77. The first-order valence-corrected chi connectivity index (χ1v) is 7.82. The first-order chi connectivity index (χ1) is 9.26. The molecule has 0 bridgehead atoms. The van der Waals surface area contributed by atoms with E-state index >= 15 is 0 Å². The van der Waals surface area contributed by atoms with Gasteiger partial charge in [-0.05, 0) is 32.3 Å². The van der Waals surface area contributed by atoms with E-state index in [9.17, 15) is 0 Å². The van der Waals surface area contributed by atoms with E-state index in [-0.39, 0.29) is 0 Å². The van der Waals surface area contributed by atoms with Crippen molar-refractivity contribution in [2.75, 3.05) is 11.9 Å². The number of nitrogens with one attached hydrogen (secondary N) is 1. The molecule has 2 heterocycles. The molecule has 1 aliphatic rings. The molecule has 1 aliphatic carbocycles. The predicted octanol–water partition coefficient (Wildman–Crippen LogP) is 4.21. The number of hydrogen-bond donors (Lipinski definition) is 1. The third-order valence-corrected chi connectivity index (χ3v) is 4.13. The maximum atomic E-state index is 4.74. The minimum Gasteiger partial charge on any atom is -0.370 e. The second-order valence-corrected chi connectivity index (χ2v) is 6.26. The highest BCUT2D eigenvalue weighted by Crippen LogP contribution is 2.39. The van der Waals surface area contributed by atoms with Crippen LogP contribution in [-0.4, -0.2) is 16.5 Å². The Labute approximate surface area is 118 Å². The average molecular weight is 273 g/mol. The van der Waals surface area contributed by atoms with Crippen LogP contribution in [-0.2, 0) is 0 Å². The molecule has 100 valence electrons. The second-order valence-electron chi connectivity index (χ2n) is 5.14. The molecular formula is C15H19N3S. The monoisotopic (exact) mass is 273 g/mol. The van der Waals surface area contributed by atoms with Gasteiger partial charge in [0.1, 0.15) is 11.6 Å². The summed E-state index contributed by atoms with van der Waals surface area (Å²) in [5.74, 6) is 2.57. The Bertz CT molecular complexity index is 573. The van der Waals surface area contributed by atoms with Crippen molar-refractivity contribution in [2.24, 2.45) is 0 Å². The molecule has 0 aromatic carbocycles. The topological polar surface area (TPSA) is 37.8 Å². The Morgan fingerprint density at radius 1 is 1.32 bits per heavy atom. The maximum absolute atomic E-state index is 4.74. The molecule has 4 heteroatoms. The molecule has 0 aliphatic heterocycles. The van der Waals surface area contributed by atoms with Gasteiger partial charge in [0.05, 0.1) is 5.69 Å². The summed E-state index contributed by atoms with van der Waals surface area (Å²) in [5.41, 5.74) is 2.27. The minimum atomic E-state index is 0.585. The molecule has 2 aromatic heterocycles. The summed E-state index contributed by atoms with van der Waals surface area (Å²) in [7, 11) is 0. The Morgan fingerprint density at radius 3 is 2.79 bits per heavy atom. The lowest BCUT2D eigenvalue weighted by molar-refractivity contribution is 0.911. The van der Waals surface area contributed by atoms with Gasteiger partial charge in [-0.15, -0.1) is 11.3 Å². The van der Waals surface area contributed by atoms with Crippen LogP contribution in [0.4, 0.5) is 5.82 Å². The van der Waals surface area contributed by atoms with E-state index in [0.717, 1.165) is 30.3 Å². The van der Waals surface area contributed by atoms with Crippen molar-refractivity contribution in [3.63, 3.8) is 0 Å². The molecule has 0 radical (unpaired) electrons. The van der Waals surface area contributed by atoms with Gasteiger partial charge >= 0.3 is 0 Å². The minimum absolute atomic E-state index is 0.585. The molecule has 19 heavy (non-hydrogen) atoms. The predicted molar refractivity (Wildman–Crippen MR) is 80.8 cm³/mol. The third-order valence-electron chi connectivity index (χ3n) is 3.27. The third kappa shape index (κ3) is 2.95. The van der Waals surface area contributed by atoms with E-state index in [1.807, 2.05) is 0 Å². The molecule has 1 N–H and O–H groups in total. The molecule has 0 unspecified atom stereocenters. The van der Waals surface area contributed by atoms with Gasteiger partial charge in [-0.2, -0.15) is 0 Å². The normalized spacial score (nSPS) is 14.6. The first-order valence-electron chi connectivity index (χ1n) is 6.94. The molecule has 1 saturated carbocycles. The summed E-state index contributed by atoms with van der Waals surface area (Å²) in [6.45, 7) is 5.26. The quantitative estimate of drug-likeness (QED) is 0.886. The van der Waals surface area contributed by atoms with Gasteiger partial charge in [0.25, 0.3) is 0 Å². The van der Waals surface area contributed by atoms with Crippen LogP contribution >= 0.6 is 11.3 Å². The second kappa shape index (κ2) is 5.29. The Morgan fingerprint density at radius 2 is 2.16 bits per heavy atom. The lowest BCUT2D eigenvalue weighted by atomic mass is 10.2. The van der Waals surface area contributed by atoms with E-state index in [0.29, 0.717) is 5.92 Å². The van der Waals surface area contributed by atoms with Crippen molar-refractivity contribution in [1.82, 2.24) is 9.97 Å². The van der Waals surface area contributed by atoms with Crippen LogP contribution in [0.15, 0.2) is 17.5 Å². The van der Waals surface area contributed by atoms with Crippen LogP contribution in [0, 0.1) is 6.92 Å². The number of hydrogen-bond acceptors (Lipinski definition) is 4. The number of anilines is 1. The van der Waals surface area contributed by atoms with Gasteiger partial charge < -0.3 is 5.32 Å². The fraction of sp³-hybridized carbons (Fsp3) is 0.467. The summed E-state index contributed by atoms with van der Waals surface area (Å²) in [5, 5.41) is 5.57. The molecule has 3 rings (SSSR count). The molecule has 0 spiro atoms. The lowest BCUT2D eigenvalue weighted by Gasteiger charge is -2.08. The van der Waals surface area contributed by atoms with E-state index in [1.54, 1.807) is 11.3 Å². The van der Waals surface area contributed by atoms with Gasteiger partial charge in [0, 0.05) is 34.3 Å². The summed E-state index contributed by atoms with van der Waals surface area (Å²) in [4.78, 5) is 10.7. The van der Waals surface area contributed by atoms with Crippen molar-refractivity contribution in [2.45, 2.75) is 39.0 Å². The Balaban J connectivity index is 1.95. The highest BCUT2D eigenvalue weighted by Gasteiger charge is 2.27. The summed E-state index contributed by atoms with van der Waals surface area (Å²) < 4.78 is 0. The molecule has 1 fully saturated rings. The van der Waals surface area contributed by atoms with Crippen molar-refractivity contribution in [3.8, 4) is 11.3 Å². The molecule has 0 saturated heterocycles. The van der Waals surface area contributed by atoms with Crippen LogP contribution in [0.5, 0.6) is 0 Å². The Hall–Kier alpha value is -1.42. The van der Waals surface area contributed by atoms with E-state index in [4.69, 9.17) is 4.98 Å². The number of aromatic nitrogens is 2. The van der Waals surface area contributed by atoms with E-state index in [1.165, 1.54) is 23.3 Å². The number of thiophene rings is 1. The lowest BCUT2D eigenvalue weighted by Crippen LogP contribution is -2.05. The first kappa shape index (κ1) is 12.6. The van der Waals surface area contributed by atoms with Crippen LogP contribution < -0.4 is 5.32 Å². The number of aryl methyl sites for hydroxylation is 1. The number of rotatable bonds is 5. The van der Waals surface area contributed by atoms with Crippen LogP contribution in [0.1, 0.15) is 42.8 Å². The smallest absolute Gasteiger partial charge is 0.134 e. The average Bonchev–Trinajstić information content (AvgIpc) is 3.18. The fourth-order valence-corrected chi connectivity index (χ4v) is 2.76. The molecule has 0 atom stereocenters. The Kier molecular flexibility index (Phi) is 3.51. The van der Waals surface area contributed by atoms with Crippen molar-refractivity contribution in [3.05, 3.63) is 28.2 Å². The molecule has 0 amide bonds. The zero-order chi connectivity index (χ0) is 13.2. The number of nitrogens with zero attached hydrogens (tertiary/aromatic N) is 2. The van der Waals surface area contributed by atoms with E-state index < -0.39 is 0 Å². The standard InChI is InChI=1S/C15H19N3S/c1-3-6-16-14-8-13(12-7-10(2)19-9-12)17-15(18-14)11-4-5-11/h7-9,11H,3-6H2,1-2H3,(H,16,17,18). The van der Waals surface area contributed by atoms with Crippen molar-refractivity contribution < 1.29 is 0 Å². The van der Waals surface area contributed by atoms with Crippen LogP contribution in [0.3, 0.4) is 0 Å². The van der Waals surface area contributed by atoms with Gasteiger partial charge in [0.2, 0.25) is 0 Å². The van der Waals surface area contributed by atoms with Gasteiger partial charge in [-0.3, -0.25) is 0 Å². The van der Waals surface area contributed by atoms with Crippen molar-refractivity contribution >= 4 is 17.2 Å². The largest absolute Gasteiger partial charge is 0.370 e. The summed E-state index contributed by atoms with van der Waals surface area (Å²) in [6.07, 6.45) is 3.58. The van der Waals surface area contributed by atoms with Gasteiger partial charge in [-0.1, -0.05) is 6.92 Å². The van der Waals surface area contributed by atoms with Gasteiger partial charge in [-0.25, -0.2) is 9.97 Å². The SMILES string of the molecule is CCCNc1cc(-c2csc(C)c2)nc(C2CC2)n1. The fourth-order valence-electron chi connectivity index (χ4n) is 2.06. The maximum Gasteiger partial charge on any atom is 0.134 e. The highest BCUT2D eigenvalue weighted by molar-refractivity contribution is 7.10. The van der Waals surface area contributed by atoms with E-state index in [2.05, 4.69) is 41.7 Å². The van der Waals surface area contributed by atoms with Crippen LogP contribution in [0.2, 0.25) is 0 Å². The van der Waals surface area contributed by atoms with Crippen molar-refractivity contribution in [1.29, 1.82) is 0 Å². The zero-order valence-corrected chi connectivity index (χ0v) is 12.3. The van der Waals surface area contributed by atoms with Crippen LogP contribution in [0.25, 0.3) is 11.3 Å². The molecule has 2 aromatic rings.